The van der Waals surface area contributed by atoms with Gasteiger partial charge in [0.2, 0.25) is 5.91 Å². The molecule has 4 rings (SSSR count). The summed E-state index contributed by atoms with van der Waals surface area (Å²) in [7, 11) is 0. The maximum absolute atomic E-state index is 12.6. The Bertz CT molecular complexity index is 1260. The lowest BCUT2D eigenvalue weighted by Gasteiger charge is -2.07. The Morgan fingerprint density at radius 1 is 1.13 bits per heavy atom. The molecule has 0 aliphatic rings. The Morgan fingerprint density at radius 2 is 1.93 bits per heavy atom. The van der Waals surface area contributed by atoms with E-state index in [4.69, 9.17) is 16.0 Å². The van der Waals surface area contributed by atoms with Crippen LogP contribution in [0.25, 0.3) is 22.2 Å². The molecule has 6 nitrogen and oxygen atoms in total. The van der Waals surface area contributed by atoms with Crippen LogP contribution in [0.2, 0.25) is 5.02 Å². The molecule has 2 heterocycles. The van der Waals surface area contributed by atoms with Gasteiger partial charge < -0.3 is 9.73 Å². The molecule has 0 aliphatic carbocycles. The second-order valence-corrected chi connectivity index (χ2v) is 8.06. The monoisotopic (exact) mass is 485 g/mol. The highest BCUT2D eigenvalue weighted by Crippen LogP contribution is 2.23. The van der Waals surface area contributed by atoms with E-state index in [9.17, 15) is 9.59 Å². The maximum atomic E-state index is 12.6. The number of furan rings is 1. The highest BCUT2D eigenvalue weighted by atomic mass is 79.9. The van der Waals surface area contributed by atoms with Gasteiger partial charge in [-0.15, -0.1) is 0 Å². The van der Waals surface area contributed by atoms with Gasteiger partial charge in [-0.2, -0.15) is 0 Å². The van der Waals surface area contributed by atoms with Gasteiger partial charge in [0.25, 0.3) is 5.56 Å². The third kappa shape index (κ3) is 4.63. The zero-order chi connectivity index (χ0) is 21.1. The number of carbonyl (C=O) groups excluding carboxylic acids is 1. The van der Waals surface area contributed by atoms with E-state index in [0.717, 1.165) is 10.0 Å². The summed E-state index contributed by atoms with van der Waals surface area (Å²) >= 11 is 9.26. The maximum Gasteiger partial charge on any atom is 0.261 e. The highest BCUT2D eigenvalue weighted by molar-refractivity contribution is 9.10. The van der Waals surface area contributed by atoms with Crippen LogP contribution in [0.5, 0.6) is 0 Å². The molecule has 0 fully saturated rings. The third-order valence-electron chi connectivity index (χ3n) is 4.62. The second kappa shape index (κ2) is 8.85. The first-order valence-corrected chi connectivity index (χ1v) is 10.4. The summed E-state index contributed by atoms with van der Waals surface area (Å²) < 4.78 is 8.02. The van der Waals surface area contributed by atoms with E-state index in [-0.39, 0.29) is 31.0 Å². The van der Waals surface area contributed by atoms with Crippen molar-refractivity contribution < 1.29 is 9.21 Å². The molecule has 0 saturated heterocycles. The number of aryl methyl sites for hydroxylation is 1. The van der Waals surface area contributed by atoms with E-state index < -0.39 is 0 Å². The van der Waals surface area contributed by atoms with Crippen LogP contribution >= 0.6 is 27.5 Å². The average molecular weight is 487 g/mol. The van der Waals surface area contributed by atoms with Gasteiger partial charge >= 0.3 is 0 Å². The van der Waals surface area contributed by atoms with Crippen LogP contribution in [-0.2, 0) is 17.9 Å². The van der Waals surface area contributed by atoms with Crippen molar-refractivity contribution in [2.45, 2.75) is 19.5 Å². The van der Waals surface area contributed by atoms with E-state index in [2.05, 4.69) is 26.2 Å². The van der Waals surface area contributed by atoms with E-state index >= 15 is 0 Å². The molecule has 30 heavy (non-hydrogen) atoms. The standard InChI is InChI=1S/C22H17BrClN3O3/c23-15-3-7-19-18(11-15)22(29)27(13-26-19)10-9-21(28)25-12-17-6-8-20(30-17)14-1-4-16(24)5-2-14/h1-8,11,13H,9-10,12H2,(H,25,28). The number of carbonyl (C=O) groups is 1. The molecule has 0 atom stereocenters. The molecule has 0 bridgehead atoms. The molecule has 0 unspecified atom stereocenters. The molecule has 2 aromatic carbocycles. The van der Waals surface area contributed by atoms with Crippen LogP contribution in [0.4, 0.5) is 0 Å². The summed E-state index contributed by atoms with van der Waals surface area (Å²) in [6.45, 7) is 0.512. The number of hydrogen-bond donors (Lipinski definition) is 1. The fraction of sp³-hybridized carbons (Fsp3) is 0.136. The Balaban J connectivity index is 1.35. The summed E-state index contributed by atoms with van der Waals surface area (Å²) in [4.78, 5) is 29.1. The van der Waals surface area contributed by atoms with Crippen molar-refractivity contribution in [1.29, 1.82) is 0 Å². The molecule has 152 valence electrons. The Morgan fingerprint density at radius 3 is 2.73 bits per heavy atom. The molecule has 0 aliphatic heterocycles. The summed E-state index contributed by atoms with van der Waals surface area (Å²) in [6.07, 6.45) is 1.63. The van der Waals surface area contributed by atoms with Crippen molar-refractivity contribution >= 4 is 44.3 Å². The van der Waals surface area contributed by atoms with Crippen LogP contribution in [-0.4, -0.2) is 15.5 Å². The normalized spacial score (nSPS) is 11.0. The van der Waals surface area contributed by atoms with E-state index in [0.29, 0.717) is 27.4 Å². The lowest BCUT2D eigenvalue weighted by molar-refractivity contribution is -0.121. The van der Waals surface area contributed by atoms with Crippen molar-refractivity contribution in [3.05, 3.63) is 86.5 Å². The first-order valence-electron chi connectivity index (χ1n) is 9.26. The molecular formula is C22H17BrClN3O3. The zero-order valence-electron chi connectivity index (χ0n) is 15.8. The topological polar surface area (TPSA) is 77.1 Å². The van der Waals surface area contributed by atoms with Gasteiger partial charge in [0.1, 0.15) is 11.5 Å². The number of hydrogen-bond acceptors (Lipinski definition) is 4. The van der Waals surface area contributed by atoms with Crippen molar-refractivity contribution in [3.8, 4) is 11.3 Å². The van der Waals surface area contributed by atoms with Gasteiger partial charge in [-0.05, 0) is 54.6 Å². The predicted octanol–water partition coefficient (Wildman–Crippen LogP) is 4.78. The minimum atomic E-state index is -0.180. The third-order valence-corrected chi connectivity index (χ3v) is 5.36. The number of nitrogens with zero attached hydrogens (tertiary/aromatic N) is 2. The molecule has 8 heteroatoms. The number of nitrogens with one attached hydrogen (secondary N) is 1. The van der Waals surface area contributed by atoms with Gasteiger partial charge in [0.05, 0.1) is 23.8 Å². The second-order valence-electron chi connectivity index (χ2n) is 6.70. The van der Waals surface area contributed by atoms with Crippen LogP contribution in [0.15, 0.2) is 74.6 Å². The van der Waals surface area contributed by atoms with Gasteiger partial charge in [0.15, 0.2) is 0 Å². The zero-order valence-corrected chi connectivity index (χ0v) is 18.1. The summed E-state index contributed by atoms with van der Waals surface area (Å²) in [5, 5.41) is 3.98. The Kier molecular flexibility index (Phi) is 6.01. The lowest BCUT2D eigenvalue weighted by atomic mass is 10.2. The molecule has 1 N–H and O–H groups in total. The Labute approximate surface area is 185 Å². The number of fused-ring (bicyclic) bond motifs is 1. The molecule has 0 spiro atoms. The van der Waals surface area contributed by atoms with Gasteiger partial charge in [0, 0.05) is 28.0 Å². The number of aromatic nitrogens is 2. The summed E-state index contributed by atoms with van der Waals surface area (Å²) in [5.41, 5.74) is 1.36. The van der Waals surface area contributed by atoms with Crippen molar-refractivity contribution in [2.75, 3.05) is 0 Å². The van der Waals surface area contributed by atoms with Gasteiger partial charge in [-0.3, -0.25) is 14.2 Å². The molecule has 1 amide bonds. The van der Waals surface area contributed by atoms with Crippen molar-refractivity contribution in [2.24, 2.45) is 0 Å². The fourth-order valence-electron chi connectivity index (χ4n) is 3.03. The molecular weight excluding hydrogens is 470 g/mol. The van der Waals surface area contributed by atoms with Gasteiger partial charge in [-0.25, -0.2) is 4.98 Å². The van der Waals surface area contributed by atoms with Gasteiger partial charge in [-0.1, -0.05) is 27.5 Å². The minimum absolute atomic E-state index is 0.159. The van der Waals surface area contributed by atoms with E-state index in [1.807, 2.05) is 30.3 Å². The van der Waals surface area contributed by atoms with Crippen molar-refractivity contribution in [1.82, 2.24) is 14.9 Å². The highest BCUT2D eigenvalue weighted by Gasteiger charge is 2.09. The minimum Gasteiger partial charge on any atom is -0.459 e. The van der Waals surface area contributed by atoms with E-state index in [1.54, 1.807) is 24.3 Å². The largest absolute Gasteiger partial charge is 0.459 e. The SMILES string of the molecule is O=C(CCn1cnc2ccc(Br)cc2c1=O)NCc1ccc(-c2ccc(Cl)cc2)o1. The number of halogens is 2. The predicted molar refractivity (Wildman–Crippen MR) is 119 cm³/mol. The average Bonchev–Trinajstić information content (AvgIpc) is 3.22. The summed E-state index contributed by atoms with van der Waals surface area (Å²) in [5.74, 6) is 1.17. The lowest BCUT2D eigenvalue weighted by Crippen LogP contribution is -2.27. The Hall–Kier alpha value is -2.90. The van der Waals surface area contributed by atoms with Crippen molar-refractivity contribution in [3.63, 3.8) is 0 Å². The van der Waals surface area contributed by atoms with Crippen LogP contribution < -0.4 is 10.9 Å². The molecule has 0 saturated carbocycles. The summed E-state index contributed by atoms with van der Waals surface area (Å²) in [6, 6.07) is 16.3. The smallest absolute Gasteiger partial charge is 0.261 e. The number of amides is 1. The van der Waals surface area contributed by atoms with Crippen LogP contribution in [0.3, 0.4) is 0 Å². The first-order chi connectivity index (χ1) is 14.5. The van der Waals surface area contributed by atoms with Crippen LogP contribution in [0.1, 0.15) is 12.2 Å². The van der Waals surface area contributed by atoms with E-state index in [1.165, 1.54) is 10.9 Å². The first kappa shape index (κ1) is 20.4. The number of rotatable bonds is 6. The molecule has 0 radical (unpaired) electrons. The van der Waals surface area contributed by atoms with Crippen LogP contribution in [0, 0.1) is 0 Å². The number of benzene rings is 2. The fourth-order valence-corrected chi connectivity index (χ4v) is 3.52. The molecule has 4 aromatic rings. The molecule has 2 aromatic heterocycles. The quantitative estimate of drug-likeness (QED) is 0.425.